The Kier molecular flexibility index (Phi) is 3.82. The van der Waals surface area contributed by atoms with Crippen LogP contribution >= 0.6 is 0 Å². The fourth-order valence-electron chi connectivity index (χ4n) is 2.04. The highest BCUT2D eigenvalue weighted by molar-refractivity contribution is 5.54. The zero-order valence-corrected chi connectivity index (χ0v) is 11.5. The van der Waals surface area contributed by atoms with Crippen molar-refractivity contribution in [1.82, 2.24) is 4.98 Å². The van der Waals surface area contributed by atoms with Crippen LogP contribution < -0.4 is 4.90 Å². The molecule has 0 aliphatic rings. The predicted molar refractivity (Wildman–Crippen MR) is 77.0 cm³/mol. The second-order valence-electron chi connectivity index (χ2n) is 4.72. The first-order valence-corrected chi connectivity index (χ1v) is 6.25. The molecule has 0 saturated carbocycles. The fraction of sp³-hybridized carbons (Fsp3) is 0.250. The largest absolute Gasteiger partial charge is 0.354 e. The van der Waals surface area contributed by atoms with E-state index in [4.69, 9.17) is 5.26 Å². The molecule has 96 valence electrons. The van der Waals surface area contributed by atoms with Crippen LogP contribution in [0.3, 0.4) is 0 Å². The molecule has 3 nitrogen and oxygen atoms in total. The van der Waals surface area contributed by atoms with E-state index in [9.17, 15) is 0 Å². The van der Waals surface area contributed by atoms with Gasteiger partial charge in [-0.05, 0) is 37.1 Å². The second kappa shape index (κ2) is 5.53. The zero-order valence-electron chi connectivity index (χ0n) is 11.5. The van der Waals surface area contributed by atoms with Crippen molar-refractivity contribution in [2.75, 3.05) is 11.9 Å². The standard InChI is InChI=1S/C16H17N3/c1-12-6-4-5-7-15(12)11-19(3)16-14(10-17)9-8-13(2)18-16/h4-9H,11H2,1-3H3. The molecule has 0 spiro atoms. The number of hydrogen-bond acceptors (Lipinski definition) is 3. The van der Waals surface area contributed by atoms with Gasteiger partial charge >= 0.3 is 0 Å². The molecule has 0 atom stereocenters. The lowest BCUT2D eigenvalue weighted by Crippen LogP contribution is -2.19. The summed E-state index contributed by atoms with van der Waals surface area (Å²) in [7, 11) is 1.97. The Labute approximate surface area is 114 Å². The van der Waals surface area contributed by atoms with Crippen LogP contribution in [0.1, 0.15) is 22.4 Å². The maximum absolute atomic E-state index is 9.16. The minimum Gasteiger partial charge on any atom is -0.354 e. The first-order valence-electron chi connectivity index (χ1n) is 6.25. The van der Waals surface area contributed by atoms with Crippen molar-refractivity contribution in [3.05, 3.63) is 58.8 Å². The first-order chi connectivity index (χ1) is 9.11. The Morgan fingerprint density at radius 1 is 1.16 bits per heavy atom. The summed E-state index contributed by atoms with van der Waals surface area (Å²) in [6.45, 7) is 4.78. The number of rotatable bonds is 3. The van der Waals surface area contributed by atoms with Crippen molar-refractivity contribution < 1.29 is 0 Å². The third-order valence-electron chi connectivity index (χ3n) is 3.17. The van der Waals surface area contributed by atoms with Gasteiger partial charge in [-0.2, -0.15) is 5.26 Å². The van der Waals surface area contributed by atoms with Crippen molar-refractivity contribution >= 4 is 5.82 Å². The zero-order chi connectivity index (χ0) is 13.8. The molecule has 2 rings (SSSR count). The average Bonchev–Trinajstić information content (AvgIpc) is 2.41. The van der Waals surface area contributed by atoms with E-state index < -0.39 is 0 Å². The van der Waals surface area contributed by atoms with Crippen molar-refractivity contribution in [3.63, 3.8) is 0 Å². The topological polar surface area (TPSA) is 39.9 Å². The summed E-state index contributed by atoms with van der Waals surface area (Å²) in [6, 6.07) is 14.2. The van der Waals surface area contributed by atoms with Crippen molar-refractivity contribution in [3.8, 4) is 6.07 Å². The van der Waals surface area contributed by atoms with Crippen molar-refractivity contribution in [2.24, 2.45) is 0 Å². The van der Waals surface area contributed by atoms with Gasteiger partial charge in [0.25, 0.3) is 0 Å². The van der Waals surface area contributed by atoms with E-state index in [1.54, 1.807) is 0 Å². The highest BCUT2D eigenvalue weighted by atomic mass is 15.2. The molecule has 1 aromatic heterocycles. The van der Waals surface area contributed by atoms with E-state index in [1.807, 2.05) is 43.1 Å². The third kappa shape index (κ3) is 2.92. The smallest absolute Gasteiger partial charge is 0.146 e. The molecule has 0 aliphatic heterocycles. The molecule has 0 amide bonds. The van der Waals surface area contributed by atoms with E-state index >= 15 is 0 Å². The number of aromatic nitrogens is 1. The number of hydrogen-bond donors (Lipinski definition) is 0. The molecule has 3 heteroatoms. The van der Waals surface area contributed by atoms with Gasteiger partial charge in [-0.25, -0.2) is 4.98 Å². The minimum atomic E-state index is 0.613. The number of aryl methyl sites for hydroxylation is 2. The number of benzene rings is 1. The van der Waals surface area contributed by atoms with Gasteiger partial charge in [0, 0.05) is 19.3 Å². The Morgan fingerprint density at radius 2 is 1.89 bits per heavy atom. The number of pyridine rings is 1. The van der Waals surface area contributed by atoms with Crippen LogP contribution in [0.4, 0.5) is 5.82 Å². The van der Waals surface area contributed by atoms with Gasteiger partial charge in [0.05, 0.1) is 5.56 Å². The van der Waals surface area contributed by atoms with Gasteiger partial charge in [-0.3, -0.25) is 0 Å². The summed E-state index contributed by atoms with van der Waals surface area (Å²) in [6.07, 6.45) is 0. The Balaban J connectivity index is 2.30. The van der Waals surface area contributed by atoms with E-state index in [2.05, 4.69) is 30.1 Å². The van der Waals surface area contributed by atoms with E-state index in [0.717, 1.165) is 18.1 Å². The van der Waals surface area contributed by atoms with Gasteiger partial charge in [-0.1, -0.05) is 24.3 Å². The number of nitriles is 1. The van der Waals surface area contributed by atoms with Gasteiger partial charge in [0.15, 0.2) is 0 Å². The van der Waals surface area contributed by atoms with Gasteiger partial charge in [0.1, 0.15) is 11.9 Å². The lowest BCUT2D eigenvalue weighted by molar-refractivity contribution is 0.883. The quantitative estimate of drug-likeness (QED) is 0.841. The monoisotopic (exact) mass is 251 g/mol. The van der Waals surface area contributed by atoms with Crippen LogP contribution in [0.5, 0.6) is 0 Å². The molecule has 0 saturated heterocycles. The maximum atomic E-state index is 9.16. The molecule has 1 aromatic carbocycles. The number of nitrogens with zero attached hydrogens (tertiary/aromatic N) is 3. The van der Waals surface area contributed by atoms with E-state index in [0.29, 0.717) is 5.56 Å². The molecule has 0 aliphatic carbocycles. The Bertz CT molecular complexity index is 626. The summed E-state index contributed by atoms with van der Waals surface area (Å²) in [4.78, 5) is 6.49. The van der Waals surface area contributed by atoms with Crippen LogP contribution in [0, 0.1) is 25.2 Å². The Morgan fingerprint density at radius 3 is 2.58 bits per heavy atom. The molecule has 0 bridgehead atoms. The molecular weight excluding hydrogens is 234 g/mol. The van der Waals surface area contributed by atoms with Crippen LogP contribution in [-0.2, 0) is 6.54 Å². The molecule has 0 fully saturated rings. The van der Waals surface area contributed by atoms with Crippen LogP contribution in [0.15, 0.2) is 36.4 Å². The van der Waals surface area contributed by atoms with Crippen LogP contribution in [0.2, 0.25) is 0 Å². The molecule has 1 heterocycles. The lowest BCUT2D eigenvalue weighted by atomic mass is 10.1. The van der Waals surface area contributed by atoms with E-state index in [-0.39, 0.29) is 0 Å². The Hall–Kier alpha value is -2.34. The van der Waals surface area contributed by atoms with E-state index in [1.165, 1.54) is 11.1 Å². The predicted octanol–water partition coefficient (Wildman–Crippen LogP) is 3.21. The summed E-state index contributed by atoms with van der Waals surface area (Å²) >= 11 is 0. The normalized spacial score (nSPS) is 10.0. The highest BCUT2D eigenvalue weighted by Crippen LogP contribution is 2.19. The number of anilines is 1. The SMILES string of the molecule is Cc1ccc(C#N)c(N(C)Cc2ccccc2C)n1. The summed E-state index contributed by atoms with van der Waals surface area (Å²) in [5.41, 5.74) is 4.03. The van der Waals surface area contributed by atoms with Gasteiger partial charge < -0.3 is 4.90 Å². The third-order valence-corrected chi connectivity index (χ3v) is 3.17. The maximum Gasteiger partial charge on any atom is 0.146 e. The molecule has 2 aromatic rings. The lowest BCUT2D eigenvalue weighted by Gasteiger charge is -2.20. The van der Waals surface area contributed by atoms with Crippen LogP contribution in [0.25, 0.3) is 0 Å². The van der Waals surface area contributed by atoms with Crippen molar-refractivity contribution in [2.45, 2.75) is 20.4 Å². The van der Waals surface area contributed by atoms with Crippen molar-refractivity contribution in [1.29, 1.82) is 5.26 Å². The molecule has 0 radical (unpaired) electrons. The van der Waals surface area contributed by atoms with Gasteiger partial charge in [0.2, 0.25) is 0 Å². The van der Waals surface area contributed by atoms with Gasteiger partial charge in [-0.15, -0.1) is 0 Å². The first kappa shape index (κ1) is 13.1. The summed E-state index contributed by atoms with van der Waals surface area (Å²) < 4.78 is 0. The average molecular weight is 251 g/mol. The second-order valence-corrected chi connectivity index (χ2v) is 4.72. The molecule has 0 unspecified atom stereocenters. The van der Waals surface area contributed by atoms with Crippen LogP contribution in [-0.4, -0.2) is 12.0 Å². The fourth-order valence-corrected chi connectivity index (χ4v) is 2.04. The molecule has 19 heavy (non-hydrogen) atoms. The summed E-state index contributed by atoms with van der Waals surface area (Å²) in [5.74, 6) is 0.741. The minimum absolute atomic E-state index is 0.613. The molecular formula is C16H17N3. The summed E-state index contributed by atoms with van der Waals surface area (Å²) in [5, 5.41) is 9.16. The molecule has 0 N–H and O–H groups in total. The highest BCUT2D eigenvalue weighted by Gasteiger charge is 2.10.